The van der Waals surface area contributed by atoms with Crippen LogP contribution in [0.1, 0.15) is 30.6 Å². The summed E-state index contributed by atoms with van der Waals surface area (Å²) in [5, 5.41) is 40.5. The fraction of sp³-hybridized carbons (Fsp3) is 0.409. The van der Waals surface area contributed by atoms with E-state index in [9.17, 15) is 25.2 Å². The van der Waals surface area contributed by atoms with Crippen molar-refractivity contribution in [2.45, 2.75) is 50.5 Å². The van der Waals surface area contributed by atoms with Crippen molar-refractivity contribution in [1.82, 2.24) is 0 Å². The van der Waals surface area contributed by atoms with Gasteiger partial charge >= 0.3 is 0 Å². The number of hydrogen-bond acceptors (Lipinski definition) is 7. The standard InChI is InChI=1S/C22H25ClO7/c1-3-16(25)14-6-4-5-12(9-14)13-7-8-15(23)17(10-13)29-21-22(2,28)20(27)19(26)18(11-24)30-21/h4-10,18-21,24,26-28H,3,11H2,1-2H3/t18-,19-,20+,21+,22+/m1/s1. The van der Waals surface area contributed by atoms with Gasteiger partial charge in [-0.05, 0) is 36.2 Å². The van der Waals surface area contributed by atoms with E-state index in [1.54, 1.807) is 43.3 Å². The quantitative estimate of drug-likeness (QED) is 0.513. The molecule has 0 unspecified atom stereocenters. The lowest BCUT2D eigenvalue weighted by molar-refractivity contribution is -0.314. The van der Waals surface area contributed by atoms with Gasteiger partial charge in [0.05, 0.1) is 11.6 Å². The molecular formula is C22H25ClO7. The van der Waals surface area contributed by atoms with E-state index in [0.29, 0.717) is 12.0 Å². The van der Waals surface area contributed by atoms with Gasteiger partial charge in [-0.3, -0.25) is 4.79 Å². The maximum atomic E-state index is 12.0. The molecular weight excluding hydrogens is 412 g/mol. The first-order chi connectivity index (χ1) is 14.2. The third-order valence-electron chi connectivity index (χ3n) is 5.26. The first-order valence-electron chi connectivity index (χ1n) is 9.63. The number of hydrogen-bond donors (Lipinski definition) is 4. The minimum atomic E-state index is -1.96. The largest absolute Gasteiger partial charge is 0.460 e. The Balaban J connectivity index is 1.92. The molecule has 0 bridgehead atoms. The van der Waals surface area contributed by atoms with Crippen molar-refractivity contribution in [1.29, 1.82) is 0 Å². The number of Topliss-reactive ketones (excluding diaryl/α,β-unsaturated/α-hetero) is 1. The average molecular weight is 437 g/mol. The highest BCUT2D eigenvalue weighted by Gasteiger charge is 2.53. The SMILES string of the molecule is CCC(=O)c1cccc(-c2ccc(Cl)c(O[C@H]3O[C@H](CO)[C@@H](O)[C@H](O)[C@]3(C)O)c2)c1. The summed E-state index contributed by atoms with van der Waals surface area (Å²) in [4.78, 5) is 12.0. The van der Waals surface area contributed by atoms with Gasteiger partial charge in [0.1, 0.15) is 24.1 Å². The van der Waals surface area contributed by atoms with Crippen LogP contribution in [0.15, 0.2) is 42.5 Å². The number of halogens is 1. The van der Waals surface area contributed by atoms with Gasteiger partial charge in [0.2, 0.25) is 6.29 Å². The predicted molar refractivity (Wildman–Crippen MR) is 111 cm³/mol. The molecule has 1 aliphatic heterocycles. The topological polar surface area (TPSA) is 116 Å². The molecule has 1 saturated heterocycles. The monoisotopic (exact) mass is 436 g/mol. The first-order valence-corrected chi connectivity index (χ1v) is 10.0. The molecule has 0 saturated carbocycles. The molecule has 8 heteroatoms. The Morgan fingerprint density at radius 3 is 2.57 bits per heavy atom. The molecule has 3 rings (SSSR count). The maximum Gasteiger partial charge on any atom is 0.231 e. The molecule has 0 spiro atoms. The van der Waals surface area contributed by atoms with Crippen molar-refractivity contribution in [3.05, 3.63) is 53.1 Å². The molecule has 2 aromatic rings. The van der Waals surface area contributed by atoms with E-state index in [-0.39, 0.29) is 16.6 Å². The first kappa shape index (κ1) is 22.7. The van der Waals surface area contributed by atoms with E-state index in [1.807, 2.05) is 6.07 Å². The normalized spacial score (nSPS) is 28.9. The minimum absolute atomic E-state index is 0.0246. The van der Waals surface area contributed by atoms with Crippen LogP contribution in [0.4, 0.5) is 0 Å². The summed E-state index contributed by atoms with van der Waals surface area (Å²) in [6.07, 6.45) is -5.22. The Hall–Kier alpha value is -2.00. The number of benzene rings is 2. The van der Waals surface area contributed by atoms with E-state index in [4.69, 9.17) is 21.1 Å². The highest BCUT2D eigenvalue weighted by molar-refractivity contribution is 6.32. The second-order valence-electron chi connectivity index (χ2n) is 7.47. The zero-order valence-corrected chi connectivity index (χ0v) is 17.4. The molecule has 30 heavy (non-hydrogen) atoms. The summed E-state index contributed by atoms with van der Waals surface area (Å²) in [6, 6.07) is 12.1. The van der Waals surface area contributed by atoms with E-state index < -0.39 is 36.8 Å². The molecule has 1 fully saturated rings. The van der Waals surface area contributed by atoms with Gasteiger partial charge in [-0.25, -0.2) is 0 Å². The fourth-order valence-electron chi connectivity index (χ4n) is 3.33. The van der Waals surface area contributed by atoms with Crippen molar-refractivity contribution in [2.24, 2.45) is 0 Å². The lowest BCUT2D eigenvalue weighted by Gasteiger charge is -2.45. The zero-order chi connectivity index (χ0) is 22.1. The van der Waals surface area contributed by atoms with Crippen LogP contribution in [0.2, 0.25) is 5.02 Å². The number of ether oxygens (including phenoxy) is 2. The van der Waals surface area contributed by atoms with Crippen LogP contribution >= 0.6 is 11.6 Å². The van der Waals surface area contributed by atoms with E-state index >= 15 is 0 Å². The van der Waals surface area contributed by atoms with Gasteiger partial charge in [0.25, 0.3) is 0 Å². The van der Waals surface area contributed by atoms with Crippen molar-refractivity contribution in [3.63, 3.8) is 0 Å². The van der Waals surface area contributed by atoms with Crippen molar-refractivity contribution in [2.75, 3.05) is 6.61 Å². The number of carbonyl (C=O) groups is 1. The molecule has 5 atom stereocenters. The van der Waals surface area contributed by atoms with Crippen LogP contribution in [-0.2, 0) is 4.74 Å². The Labute approximate surface area is 179 Å². The van der Waals surface area contributed by atoms with Gasteiger partial charge in [-0.1, -0.05) is 42.8 Å². The van der Waals surface area contributed by atoms with Crippen molar-refractivity contribution in [3.8, 4) is 16.9 Å². The molecule has 0 aromatic heterocycles. The summed E-state index contributed by atoms with van der Waals surface area (Å²) < 4.78 is 11.2. The maximum absolute atomic E-state index is 12.0. The molecule has 0 aliphatic carbocycles. The van der Waals surface area contributed by atoms with Gasteiger partial charge < -0.3 is 29.9 Å². The van der Waals surface area contributed by atoms with Crippen molar-refractivity contribution >= 4 is 17.4 Å². The smallest absolute Gasteiger partial charge is 0.231 e. The highest BCUT2D eigenvalue weighted by atomic mass is 35.5. The van der Waals surface area contributed by atoms with Crippen LogP contribution in [-0.4, -0.2) is 63.0 Å². The Bertz CT molecular complexity index is 914. The number of rotatable bonds is 6. The van der Waals surface area contributed by atoms with Crippen LogP contribution in [0, 0.1) is 0 Å². The lowest BCUT2D eigenvalue weighted by atomic mass is 9.88. The molecule has 4 N–H and O–H groups in total. The average Bonchev–Trinajstić information content (AvgIpc) is 2.75. The molecule has 2 aromatic carbocycles. The van der Waals surface area contributed by atoms with Crippen LogP contribution in [0.25, 0.3) is 11.1 Å². The summed E-state index contributed by atoms with van der Waals surface area (Å²) in [5.41, 5.74) is 0.123. The number of aliphatic hydroxyl groups excluding tert-OH is 3. The third kappa shape index (κ3) is 4.37. The Kier molecular flexibility index (Phi) is 6.81. The van der Waals surface area contributed by atoms with Crippen LogP contribution in [0.5, 0.6) is 5.75 Å². The predicted octanol–water partition coefficient (Wildman–Crippen LogP) is 2.17. The summed E-state index contributed by atoms with van der Waals surface area (Å²) in [7, 11) is 0. The second kappa shape index (κ2) is 9.01. The van der Waals surface area contributed by atoms with Crippen LogP contribution in [0.3, 0.4) is 0 Å². The molecule has 162 valence electrons. The van der Waals surface area contributed by atoms with E-state index in [0.717, 1.165) is 11.1 Å². The van der Waals surface area contributed by atoms with Crippen molar-refractivity contribution < 1.29 is 34.7 Å². The van der Waals surface area contributed by atoms with Gasteiger partial charge in [0.15, 0.2) is 11.4 Å². The van der Waals surface area contributed by atoms with E-state index in [2.05, 4.69) is 0 Å². The second-order valence-corrected chi connectivity index (χ2v) is 7.88. The van der Waals surface area contributed by atoms with Crippen LogP contribution < -0.4 is 4.74 Å². The molecule has 7 nitrogen and oxygen atoms in total. The lowest BCUT2D eigenvalue weighted by Crippen LogP contribution is -2.66. The summed E-state index contributed by atoms with van der Waals surface area (Å²) in [5.74, 6) is 0.198. The third-order valence-corrected chi connectivity index (χ3v) is 5.58. The molecule has 1 aliphatic rings. The minimum Gasteiger partial charge on any atom is -0.460 e. The number of aliphatic hydroxyl groups is 4. The summed E-state index contributed by atoms with van der Waals surface area (Å²) >= 11 is 6.26. The highest BCUT2D eigenvalue weighted by Crippen LogP contribution is 2.36. The zero-order valence-electron chi connectivity index (χ0n) is 16.7. The van der Waals surface area contributed by atoms with E-state index in [1.165, 1.54) is 6.92 Å². The number of ketones is 1. The van der Waals surface area contributed by atoms with Gasteiger partial charge in [-0.2, -0.15) is 0 Å². The fourth-order valence-corrected chi connectivity index (χ4v) is 3.49. The summed E-state index contributed by atoms with van der Waals surface area (Å²) in [6.45, 7) is 2.49. The Morgan fingerprint density at radius 1 is 1.20 bits per heavy atom. The molecule has 1 heterocycles. The number of carbonyl (C=O) groups excluding carboxylic acids is 1. The molecule has 0 radical (unpaired) electrons. The molecule has 0 amide bonds. The van der Waals surface area contributed by atoms with Gasteiger partial charge in [0, 0.05) is 12.0 Å². The Morgan fingerprint density at radius 2 is 1.90 bits per heavy atom. The van der Waals surface area contributed by atoms with Gasteiger partial charge in [-0.15, -0.1) is 0 Å².